The third kappa shape index (κ3) is 2.86. The maximum Gasteiger partial charge on any atom is 0.0958 e. The Labute approximate surface area is 114 Å². The van der Waals surface area contributed by atoms with Crippen molar-refractivity contribution in [3.8, 4) is 0 Å². The highest BCUT2D eigenvalue weighted by atomic mass is 16.5. The van der Waals surface area contributed by atoms with E-state index in [-0.39, 0.29) is 12.2 Å². The van der Waals surface area contributed by atoms with E-state index >= 15 is 0 Å². The average molecular weight is 253 g/mol. The van der Waals surface area contributed by atoms with Gasteiger partial charge in [0.2, 0.25) is 0 Å². The summed E-state index contributed by atoms with van der Waals surface area (Å²) >= 11 is 0. The molecule has 2 aromatic carbocycles. The van der Waals surface area contributed by atoms with E-state index in [2.05, 4.69) is 60.8 Å². The highest BCUT2D eigenvalue weighted by Crippen LogP contribution is 2.29. The van der Waals surface area contributed by atoms with Crippen molar-refractivity contribution in [3.63, 3.8) is 0 Å². The van der Waals surface area contributed by atoms with Crippen molar-refractivity contribution >= 4 is 0 Å². The maximum absolute atomic E-state index is 6.24. The summed E-state index contributed by atoms with van der Waals surface area (Å²) in [5.41, 5.74) is 3.78. The Morgan fingerprint density at radius 1 is 0.842 bits per heavy atom. The van der Waals surface area contributed by atoms with Gasteiger partial charge in [-0.2, -0.15) is 0 Å². The van der Waals surface area contributed by atoms with Crippen LogP contribution in [0.2, 0.25) is 0 Å². The number of ether oxygens (including phenoxy) is 1. The Kier molecular flexibility index (Phi) is 3.62. The molecule has 2 atom stereocenters. The Hall–Kier alpha value is -1.64. The first kappa shape index (κ1) is 12.4. The van der Waals surface area contributed by atoms with Crippen LogP contribution in [0.3, 0.4) is 0 Å². The molecule has 0 spiro atoms. The fraction of sp³-hybridized carbons (Fsp3) is 0.294. The Morgan fingerprint density at radius 2 is 1.42 bits per heavy atom. The molecule has 0 saturated carbocycles. The van der Waals surface area contributed by atoms with Crippen LogP contribution in [0.4, 0.5) is 0 Å². The Bertz CT molecular complexity index is 521. The summed E-state index contributed by atoms with van der Waals surface area (Å²) in [6.07, 6.45) is 0.279. The number of benzene rings is 2. The van der Waals surface area contributed by atoms with E-state index in [0.717, 1.165) is 13.1 Å². The lowest BCUT2D eigenvalue weighted by Crippen LogP contribution is -2.35. The van der Waals surface area contributed by atoms with Gasteiger partial charge in [0.15, 0.2) is 0 Å². The van der Waals surface area contributed by atoms with Gasteiger partial charge in [-0.05, 0) is 18.1 Å². The van der Waals surface area contributed by atoms with Crippen molar-refractivity contribution in [1.29, 1.82) is 0 Å². The number of morpholine rings is 1. The number of rotatable bonds is 2. The molecule has 0 amide bonds. The number of nitrogens with one attached hydrogen (secondary N) is 1. The van der Waals surface area contributed by atoms with Gasteiger partial charge in [-0.3, -0.25) is 0 Å². The summed E-state index contributed by atoms with van der Waals surface area (Å²) in [5.74, 6) is 0. The van der Waals surface area contributed by atoms with E-state index in [4.69, 9.17) is 4.74 Å². The van der Waals surface area contributed by atoms with Crippen molar-refractivity contribution in [1.82, 2.24) is 5.32 Å². The Balaban J connectivity index is 1.76. The van der Waals surface area contributed by atoms with Crippen LogP contribution in [0.5, 0.6) is 0 Å². The zero-order chi connectivity index (χ0) is 13.1. The number of hydrogen-bond donors (Lipinski definition) is 1. The minimum Gasteiger partial charge on any atom is -0.363 e. The normalized spacial score (nSPS) is 23.2. The lowest BCUT2D eigenvalue weighted by atomic mass is 10.0. The standard InChI is InChI=1S/C17H19NO/c1-13-7-9-15(10-8-13)17-12-18-11-16(19-17)14-5-3-2-4-6-14/h2-10,16-18H,11-12H2,1H3. The quantitative estimate of drug-likeness (QED) is 0.885. The minimum absolute atomic E-state index is 0.138. The van der Waals surface area contributed by atoms with Crippen LogP contribution in [0.1, 0.15) is 28.9 Å². The zero-order valence-corrected chi connectivity index (χ0v) is 11.2. The molecule has 0 bridgehead atoms. The summed E-state index contributed by atoms with van der Waals surface area (Å²) < 4.78 is 6.24. The first-order valence-corrected chi connectivity index (χ1v) is 6.80. The second-order valence-electron chi connectivity index (χ2n) is 5.09. The molecule has 1 fully saturated rings. The smallest absolute Gasteiger partial charge is 0.0958 e. The van der Waals surface area contributed by atoms with Gasteiger partial charge in [0.1, 0.15) is 0 Å². The second kappa shape index (κ2) is 5.55. The van der Waals surface area contributed by atoms with E-state index in [1.54, 1.807) is 0 Å². The molecule has 98 valence electrons. The first-order valence-electron chi connectivity index (χ1n) is 6.80. The van der Waals surface area contributed by atoms with E-state index in [9.17, 15) is 0 Å². The van der Waals surface area contributed by atoms with Crippen LogP contribution in [0.15, 0.2) is 54.6 Å². The molecule has 0 radical (unpaired) electrons. The number of hydrogen-bond acceptors (Lipinski definition) is 2. The molecule has 0 aliphatic carbocycles. The van der Waals surface area contributed by atoms with E-state index in [1.165, 1.54) is 16.7 Å². The van der Waals surface area contributed by atoms with Crippen molar-refractivity contribution in [2.24, 2.45) is 0 Å². The summed E-state index contributed by atoms with van der Waals surface area (Å²) in [5, 5.41) is 3.47. The summed E-state index contributed by atoms with van der Waals surface area (Å²) in [6, 6.07) is 19.0. The summed E-state index contributed by atoms with van der Waals surface area (Å²) in [6.45, 7) is 3.87. The molecule has 0 aromatic heterocycles. The number of aryl methyl sites for hydroxylation is 1. The van der Waals surface area contributed by atoms with Crippen molar-refractivity contribution in [2.75, 3.05) is 13.1 Å². The van der Waals surface area contributed by atoms with Crippen molar-refractivity contribution in [3.05, 3.63) is 71.3 Å². The highest BCUT2D eigenvalue weighted by molar-refractivity contribution is 5.25. The SMILES string of the molecule is Cc1ccc(C2CNCC(c3ccccc3)O2)cc1. The van der Waals surface area contributed by atoms with Gasteiger partial charge in [0.25, 0.3) is 0 Å². The molecular formula is C17H19NO. The van der Waals surface area contributed by atoms with Crippen molar-refractivity contribution < 1.29 is 4.74 Å². The third-order valence-electron chi connectivity index (χ3n) is 3.61. The molecule has 3 rings (SSSR count). The van der Waals surface area contributed by atoms with Gasteiger partial charge >= 0.3 is 0 Å². The van der Waals surface area contributed by atoms with Gasteiger partial charge in [-0.1, -0.05) is 60.2 Å². The van der Waals surface area contributed by atoms with E-state index in [0.29, 0.717) is 0 Å². The van der Waals surface area contributed by atoms with Crippen LogP contribution >= 0.6 is 0 Å². The molecule has 1 N–H and O–H groups in total. The minimum atomic E-state index is 0.138. The summed E-state index contributed by atoms with van der Waals surface area (Å²) in [7, 11) is 0. The van der Waals surface area contributed by atoms with Crippen LogP contribution in [0, 0.1) is 6.92 Å². The van der Waals surface area contributed by atoms with E-state index in [1.807, 2.05) is 6.07 Å². The van der Waals surface area contributed by atoms with Crippen LogP contribution in [-0.4, -0.2) is 13.1 Å². The molecule has 1 aliphatic rings. The summed E-state index contributed by atoms with van der Waals surface area (Å²) in [4.78, 5) is 0. The van der Waals surface area contributed by atoms with Crippen LogP contribution in [0.25, 0.3) is 0 Å². The fourth-order valence-corrected chi connectivity index (χ4v) is 2.48. The predicted molar refractivity (Wildman–Crippen MR) is 77.1 cm³/mol. The molecule has 19 heavy (non-hydrogen) atoms. The molecule has 2 unspecified atom stereocenters. The molecule has 1 aliphatic heterocycles. The van der Waals surface area contributed by atoms with Crippen molar-refractivity contribution in [2.45, 2.75) is 19.1 Å². The molecule has 2 nitrogen and oxygen atoms in total. The topological polar surface area (TPSA) is 21.3 Å². The molecular weight excluding hydrogens is 234 g/mol. The lowest BCUT2D eigenvalue weighted by Gasteiger charge is -2.31. The maximum atomic E-state index is 6.24. The van der Waals surface area contributed by atoms with Gasteiger partial charge < -0.3 is 10.1 Å². The zero-order valence-electron chi connectivity index (χ0n) is 11.2. The molecule has 2 heteroatoms. The first-order chi connectivity index (χ1) is 9.33. The van der Waals surface area contributed by atoms with Gasteiger partial charge in [0, 0.05) is 13.1 Å². The monoisotopic (exact) mass is 253 g/mol. The van der Waals surface area contributed by atoms with E-state index < -0.39 is 0 Å². The highest BCUT2D eigenvalue weighted by Gasteiger charge is 2.24. The molecule has 1 heterocycles. The Morgan fingerprint density at radius 3 is 2.05 bits per heavy atom. The fourth-order valence-electron chi connectivity index (χ4n) is 2.48. The lowest BCUT2D eigenvalue weighted by molar-refractivity contribution is -0.0406. The largest absolute Gasteiger partial charge is 0.363 e. The molecule has 2 aromatic rings. The van der Waals surface area contributed by atoms with Gasteiger partial charge in [0.05, 0.1) is 12.2 Å². The predicted octanol–water partition coefficient (Wildman–Crippen LogP) is 3.40. The van der Waals surface area contributed by atoms with Crippen LogP contribution < -0.4 is 5.32 Å². The van der Waals surface area contributed by atoms with Gasteiger partial charge in [-0.15, -0.1) is 0 Å². The van der Waals surface area contributed by atoms with Gasteiger partial charge in [-0.25, -0.2) is 0 Å². The molecule has 1 saturated heterocycles. The second-order valence-corrected chi connectivity index (χ2v) is 5.09. The average Bonchev–Trinajstić information content (AvgIpc) is 2.49. The van der Waals surface area contributed by atoms with Crippen LogP contribution in [-0.2, 0) is 4.74 Å². The third-order valence-corrected chi connectivity index (χ3v) is 3.61.